The van der Waals surface area contributed by atoms with Crippen molar-refractivity contribution < 1.29 is 23.0 Å². The molecule has 0 aliphatic rings. The Balaban J connectivity index is 2.31. The first-order chi connectivity index (χ1) is 10.8. The molecule has 1 unspecified atom stereocenters. The molecule has 1 rings (SSSR count). The molecular formula is C18H26F2O3. The zero-order chi connectivity index (χ0) is 17.4. The lowest BCUT2D eigenvalue weighted by Gasteiger charge is -2.13. The molecule has 3 nitrogen and oxygen atoms in total. The van der Waals surface area contributed by atoms with Gasteiger partial charge in [-0.2, -0.15) is 0 Å². The third-order valence-corrected chi connectivity index (χ3v) is 3.51. The maximum absolute atomic E-state index is 13.8. The van der Waals surface area contributed by atoms with Crippen LogP contribution in [0.1, 0.15) is 45.6 Å². The molecule has 0 radical (unpaired) electrons. The first-order valence-electron chi connectivity index (χ1n) is 7.98. The van der Waals surface area contributed by atoms with Crippen LogP contribution in [0.5, 0.6) is 5.75 Å². The third kappa shape index (κ3) is 7.08. The SMILES string of the molecule is CC(C)C(=O)COCCC(F)COc1ccc(C(C)C)cc1F. The van der Waals surface area contributed by atoms with E-state index in [1.165, 1.54) is 12.1 Å². The second-order valence-electron chi connectivity index (χ2n) is 6.22. The number of benzene rings is 1. The van der Waals surface area contributed by atoms with E-state index in [0.29, 0.717) is 0 Å². The van der Waals surface area contributed by atoms with E-state index in [0.717, 1.165) is 5.56 Å². The summed E-state index contributed by atoms with van der Waals surface area (Å²) in [4.78, 5) is 11.3. The monoisotopic (exact) mass is 328 g/mol. The average Bonchev–Trinajstić information content (AvgIpc) is 2.49. The summed E-state index contributed by atoms with van der Waals surface area (Å²) >= 11 is 0. The minimum absolute atomic E-state index is 0.00344. The van der Waals surface area contributed by atoms with E-state index in [4.69, 9.17) is 9.47 Å². The largest absolute Gasteiger partial charge is 0.487 e. The summed E-state index contributed by atoms with van der Waals surface area (Å²) in [5, 5.41) is 0. The van der Waals surface area contributed by atoms with Gasteiger partial charge in [-0.15, -0.1) is 0 Å². The zero-order valence-electron chi connectivity index (χ0n) is 14.3. The van der Waals surface area contributed by atoms with Gasteiger partial charge in [-0.3, -0.25) is 4.79 Å². The highest BCUT2D eigenvalue weighted by Crippen LogP contribution is 2.23. The Morgan fingerprint density at radius 3 is 2.48 bits per heavy atom. The molecule has 0 aliphatic heterocycles. The van der Waals surface area contributed by atoms with Crippen LogP contribution < -0.4 is 4.74 Å². The summed E-state index contributed by atoms with van der Waals surface area (Å²) < 4.78 is 37.8. The molecule has 0 bridgehead atoms. The molecule has 5 heteroatoms. The third-order valence-electron chi connectivity index (χ3n) is 3.51. The summed E-state index contributed by atoms with van der Waals surface area (Å²) in [5.41, 5.74) is 0.870. The van der Waals surface area contributed by atoms with Crippen molar-refractivity contribution in [2.24, 2.45) is 5.92 Å². The van der Waals surface area contributed by atoms with E-state index in [-0.39, 0.29) is 49.6 Å². The lowest BCUT2D eigenvalue weighted by atomic mass is 10.0. The molecule has 0 saturated carbocycles. The fraction of sp³-hybridized carbons (Fsp3) is 0.611. The van der Waals surface area contributed by atoms with Gasteiger partial charge in [-0.1, -0.05) is 33.8 Å². The molecule has 0 aromatic heterocycles. The Morgan fingerprint density at radius 2 is 1.91 bits per heavy atom. The van der Waals surface area contributed by atoms with E-state index < -0.39 is 12.0 Å². The van der Waals surface area contributed by atoms with E-state index in [9.17, 15) is 13.6 Å². The number of ketones is 1. The van der Waals surface area contributed by atoms with Gasteiger partial charge in [0.1, 0.15) is 19.4 Å². The molecule has 0 N–H and O–H groups in total. The van der Waals surface area contributed by atoms with Gasteiger partial charge < -0.3 is 9.47 Å². The Labute approximate surface area is 137 Å². The van der Waals surface area contributed by atoms with Crippen molar-refractivity contribution in [2.45, 2.75) is 46.2 Å². The first kappa shape index (κ1) is 19.6. The molecule has 0 amide bonds. The summed E-state index contributed by atoms with van der Waals surface area (Å²) in [6.07, 6.45) is -1.16. The van der Waals surface area contributed by atoms with Crippen molar-refractivity contribution >= 4 is 5.78 Å². The topological polar surface area (TPSA) is 35.5 Å². The molecule has 1 aromatic rings. The number of halogens is 2. The average molecular weight is 328 g/mol. The molecule has 130 valence electrons. The Morgan fingerprint density at radius 1 is 1.22 bits per heavy atom. The smallest absolute Gasteiger partial charge is 0.165 e. The maximum Gasteiger partial charge on any atom is 0.165 e. The van der Waals surface area contributed by atoms with Crippen LogP contribution in [0.15, 0.2) is 18.2 Å². The molecule has 0 spiro atoms. The van der Waals surface area contributed by atoms with E-state index in [2.05, 4.69) is 0 Å². The van der Waals surface area contributed by atoms with Crippen molar-refractivity contribution in [3.8, 4) is 5.75 Å². The van der Waals surface area contributed by atoms with Crippen LogP contribution in [0, 0.1) is 11.7 Å². The van der Waals surface area contributed by atoms with Crippen molar-refractivity contribution in [1.82, 2.24) is 0 Å². The fourth-order valence-corrected chi connectivity index (χ4v) is 1.81. The van der Waals surface area contributed by atoms with Crippen molar-refractivity contribution in [2.75, 3.05) is 19.8 Å². The maximum atomic E-state index is 13.8. The summed E-state index contributed by atoms with van der Waals surface area (Å²) in [6.45, 7) is 7.41. The van der Waals surface area contributed by atoms with E-state index in [1.807, 2.05) is 13.8 Å². The molecule has 0 fully saturated rings. The van der Waals surface area contributed by atoms with Crippen LogP contribution in [0.4, 0.5) is 8.78 Å². The highest BCUT2D eigenvalue weighted by molar-refractivity contribution is 5.81. The summed E-state index contributed by atoms with van der Waals surface area (Å²) in [7, 11) is 0. The van der Waals surface area contributed by atoms with Gasteiger partial charge in [0, 0.05) is 12.3 Å². The minimum atomic E-state index is -1.27. The van der Waals surface area contributed by atoms with Gasteiger partial charge in [0.05, 0.1) is 6.61 Å². The van der Waals surface area contributed by atoms with Crippen LogP contribution in [0.25, 0.3) is 0 Å². The second kappa shape index (κ2) is 9.60. The number of hydrogen-bond acceptors (Lipinski definition) is 3. The lowest BCUT2D eigenvalue weighted by molar-refractivity contribution is -0.126. The molecule has 0 saturated heterocycles. The molecule has 1 atom stereocenters. The van der Waals surface area contributed by atoms with Crippen LogP contribution in [-0.2, 0) is 9.53 Å². The normalized spacial score (nSPS) is 12.7. The number of carbonyl (C=O) groups is 1. The molecular weight excluding hydrogens is 302 g/mol. The van der Waals surface area contributed by atoms with Crippen molar-refractivity contribution in [1.29, 1.82) is 0 Å². The second-order valence-corrected chi connectivity index (χ2v) is 6.22. The van der Waals surface area contributed by atoms with Crippen molar-refractivity contribution in [3.63, 3.8) is 0 Å². The van der Waals surface area contributed by atoms with Crippen molar-refractivity contribution in [3.05, 3.63) is 29.6 Å². The standard InChI is InChI=1S/C18H26F2O3/c1-12(2)14-5-6-18(16(20)9-14)23-10-15(19)7-8-22-11-17(21)13(3)4/h5-6,9,12-13,15H,7-8,10-11H2,1-4H3. The van der Waals surface area contributed by atoms with Crippen LogP contribution in [-0.4, -0.2) is 31.8 Å². The Bertz CT molecular complexity index is 501. The summed E-state index contributed by atoms with van der Waals surface area (Å²) in [6, 6.07) is 4.71. The molecule has 23 heavy (non-hydrogen) atoms. The number of ether oxygens (including phenoxy) is 2. The van der Waals surface area contributed by atoms with E-state index in [1.54, 1.807) is 19.9 Å². The Hall–Kier alpha value is -1.49. The fourth-order valence-electron chi connectivity index (χ4n) is 1.81. The van der Waals surface area contributed by atoms with Gasteiger partial charge in [0.15, 0.2) is 17.3 Å². The van der Waals surface area contributed by atoms with Gasteiger partial charge in [0.25, 0.3) is 0 Å². The number of alkyl halides is 1. The minimum Gasteiger partial charge on any atom is -0.487 e. The number of hydrogen-bond donors (Lipinski definition) is 0. The Kier molecular flexibility index (Phi) is 8.17. The van der Waals surface area contributed by atoms with Crippen LogP contribution in [0.3, 0.4) is 0 Å². The summed E-state index contributed by atoms with van der Waals surface area (Å²) in [5.74, 6) is -0.312. The van der Waals surface area contributed by atoms with E-state index >= 15 is 0 Å². The number of Topliss-reactive ketones (excluding diaryl/α,β-unsaturated/α-hetero) is 1. The van der Waals surface area contributed by atoms with Gasteiger partial charge in [-0.05, 0) is 23.6 Å². The zero-order valence-corrected chi connectivity index (χ0v) is 14.3. The number of rotatable bonds is 10. The first-order valence-corrected chi connectivity index (χ1v) is 7.98. The van der Waals surface area contributed by atoms with Gasteiger partial charge in [-0.25, -0.2) is 8.78 Å². The highest BCUT2D eigenvalue weighted by Gasteiger charge is 2.12. The number of carbonyl (C=O) groups excluding carboxylic acids is 1. The quantitative estimate of drug-likeness (QED) is 0.601. The lowest BCUT2D eigenvalue weighted by Crippen LogP contribution is -2.19. The molecule has 1 aromatic carbocycles. The predicted molar refractivity (Wildman–Crippen MR) is 86.2 cm³/mol. The van der Waals surface area contributed by atoms with Gasteiger partial charge >= 0.3 is 0 Å². The van der Waals surface area contributed by atoms with Crippen LogP contribution in [0.2, 0.25) is 0 Å². The molecule has 0 aliphatic carbocycles. The predicted octanol–water partition coefficient (Wildman–Crippen LogP) is 4.30. The van der Waals surface area contributed by atoms with Gasteiger partial charge in [0.2, 0.25) is 0 Å². The van der Waals surface area contributed by atoms with Crippen LogP contribution >= 0.6 is 0 Å². The molecule has 0 heterocycles. The highest BCUT2D eigenvalue weighted by atomic mass is 19.1.